The van der Waals surface area contributed by atoms with Crippen LogP contribution >= 0.6 is 9.90 Å². The molecule has 9 nitrogen and oxygen atoms in total. The minimum Gasteiger partial charge on any atom is -0.786 e. The van der Waals surface area contributed by atoms with Crippen LogP contribution in [0, 0.1) is 0 Å². The molecule has 3 heterocycles. The first-order valence-corrected chi connectivity index (χ1v) is 11.6. The van der Waals surface area contributed by atoms with Crippen molar-refractivity contribution < 1.29 is 53.7 Å². The van der Waals surface area contributed by atoms with Gasteiger partial charge in [0.15, 0.2) is 6.20 Å². The van der Waals surface area contributed by atoms with E-state index >= 15 is 0 Å². The van der Waals surface area contributed by atoms with Gasteiger partial charge in [0.2, 0.25) is 5.69 Å². The summed E-state index contributed by atoms with van der Waals surface area (Å²) in [6, 6.07) is 4.85. The van der Waals surface area contributed by atoms with Crippen molar-refractivity contribution >= 4 is 59.3 Å². The molecule has 0 amide bonds. The summed E-state index contributed by atoms with van der Waals surface area (Å²) in [6.07, 6.45) is 11.2. The molecule has 0 bridgehead atoms. The van der Waals surface area contributed by atoms with Crippen molar-refractivity contribution in [1.82, 2.24) is 4.98 Å². The molecule has 13 heteroatoms. The van der Waals surface area contributed by atoms with Gasteiger partial charge in [-0.05, 0) is 18.2 Å². The van der Waals surface area contributed by atoms with Gasteiger partial charge in [0.05, 0.1) is 22.9 Å². The monoisotopic (exact) mass is 660 g/mol. The summed E-state index contributed by atoms with van der Waals surface area (Å²) >= 11 is 9.91. The number of pyridine rings is 2. The Bertz CT molecular complexity index is 1350. The molecule has 200 valence electrons. The predicted octanol–water partition coefficient (Wildman–Crippen LogP) is 2.84. The van der Waals surface area contributed by atoms with E-state index in [2.05, 4.69) is 9.98 Å². The van der Waals surface area contributed by atoms with Crippen LogP contribution in [0.1, 0.15) is 45.3 Å². The van der Waals surface area contributed by atoms with Gasteiger partial charge in [-0.15, -0.1) is 0 Å². The molecule has 0 radical (unpaired) electrons. The molecule has 2 aromatic rings. The molecule has 4 rings (SSSR count). The van der Waals surface area contributed by atoms with E-state index in [9.17, 15) is 29.7 Å². The second kappa shape index (κ2) is 15.0. The molecule has 0 spiro atoms. The minimum atomic E-state index is -1.18. The summed E-state index contributed by atoms with van der Waals surface area (Å²) in [5, 5.41) is 28.1. The summed E-state index contributed by atoms with van der Waals surface area (Å²) in [5.41, 5.74) is 1.06. The number of rotatable bonds is 5. The second-order valence-electron chi connectivity index (χ2n) is 7.92. The summed E-state index contributed by atoms with van der Waals surface area (Å²) in [6.45, 7) is 0. The molecule has 1 aliphatic carbocycles. The van der Waals surface area contributed by atoms with E-state index in [-0.39, 0.29) is 63.4 Å². The predicted molar refractivity (Wildman–Crippen MR) is 148 cm³/mol. The number of carboxylic acid groups (broad SMARTS) is 3. The summed E-state index contributed by atoms with van der Waals surface area (Å²) in [5.74, 6) is -3.38. The fraction of sp³-hybridized carbons (Fsp3) is 0.200. The van der Waals surface area contributed by atoms with Crippen LogP contribution in [-0.2, 0) is 56.6 Å². The zero-order valence-electron chi connectivity index (χ0n) is 20.1. The van der Waals surface area contributed by atoms with Gasteiger partial charge in [-0.2, -0.15) is 19.7 Å². The van der Waals surface area contributed by atoms with Gasteiger partial charge in [0, 0.05) is 30.3 Å². The molecule has 2 aromatic heterocycles. The maximum absolute atomic E-state index is 11.6. The average molecular weight is 660 g/mol. The van der Waals surface area contributed by atoms with Crippen molar-refractivity contribution in [2.24, 2.45) is 12.0 Å². The largest absolute Gasteiger partial charge is 2.00 e. The van der Waals surface area contributed by atoms with Gasteiger partial charge < -0.3 is 40.6 Å². The first-order chi connectivity index (χ1) is 17.1. The molecule has 2 aliphatic rings. The third kappa shape index (κ3) is 8.63. The maximum atomic E-state index is 11.6. The van der Waals surface area contributed by atoms with Crippen LogP contribution in [0.2, 0.25) is 0 Å². The van der Waals surface area contributed by atoms with Gasteiger partial charge in [0.25, 0.3) is 0 Å². The number of dihydropyridines is 1. The average Bonchev–Trinajstić information content (AvgIpc) is 2.86. The maximum Gasteiger partial charge on any atom is 2.00 e. The molecule has 0 saturated carbocycles. The fourth-order valence-corrected chi connectivity index (χ4v) is 3.79. The number of nitrogens with zero attached hydrogens (tertiary/aromatic N) is 3. The van der Waals surface area contributed by atoms with Crippen LogP contribution in [-0.4, -0.2) is 49.7 Å². The van der Waals surface area contributed by atoms with Crippen molar-refractivity contribution in [3.63, 3.8) is 0 Å². The number of carboxylic acids is 3. The molecular weight excluding hydrogens is 634 g/mol. The van der Waals surface area contributed by atoms with Crippen LogP contribution in [0.5, 0.6) is 0 Å². The van der Waals surface area contributed by atoms with E-state index < -0.39 is 23.9 Å². The Morgan fingerprint density at radius 1 is 1.03 bits per heavy atom. The van der Waals surface area contributed by atoms with Crippen molar-refractivity contribution in [2.45, 2.75) is 24.1 Å². The number of aromatic nitrogens is 2. The first-order valence-electron chi connectivity index (χ1n) is 10.7. The zero-order valence-corrected chi connectivity index (χ0v) is 24.9. The Morgan fingerprint density at radius 2 is 1.71 bits per heavy atom. The first kappa shape index (κ1) is 33.3. The number of aryl methyl sites for hydroxylation is 1. The van der Waals surface area contributed by atoms with Crippen LogP contribution in [0.3, 0.4) is 0 Å². The smallest absolute Gasteiger partial charge is 0.786 e. The number of hydrogen-bond acceptors (Lipinski definition) is 7. The molecule has 0 fully saturated rings. The quantitative estimate of drug-likeness (QED) is 0.191. The third-order valence-corrected chi connectivity index (χ3v) is 6.40. The van der Waals surface area contributed by atoms with Crippen LogP contribution < -0.4 is 4.57 Å². The molecule has 3 atom stereocenters. The molecule has 0 aromatic carbocycles. The van der Waals surface area contributed by atoms with Gasteiger partial charge >= 0.3 is 37.4 Å². The van der Waals surface area contributed by atoms with E-state index in [0.29, 0.717) is 11.4 Å². The second-order valence-corrected chi connectivity index (χ2v) is 8.96. The Labute approximate surface area is 246 Å². The number of carbonyl (C=O) groups is 3. The zero-order chi connectivity index (χ0) is 26.4. The summed E-state index contributed by atoms with van der Waals surface area (Å²) < 4.78 is 1.62. The normalized spacial score (nSPS) is 17.4. The molecule has 38 heavy (non-hydrogen) atoms. The van der Waals surface area contributed by atoms with Crippen molar-refractivity contribution in [3.8, 4) is 11.4 Å². The van der Waals surface area contributed by atoms with Crippen LogP contribution in [0.25, 0.3) is 11.4 Å². The summed E-state index contributed by atoms with van der Waals surface area (Å²) in [7, 11) is 1.68. The molecule has 0 saturated heterocycles. The van der Waals surface area contributed by atoms with Crippen molar-refractivity contribution in [3.05, 3.63) is 82.1 Å². The van der Waals surface area contributed by atoms with Gasteiger partial charge in [-0.1, -0.05) is 24.6 Å². The third-order valence-electron chi connectivity index (χ3n) is 5.39. The van der Waals surface area contributed by atoms with E-state index in [0.717, 1.165) is 11.3 Å². The van der Waals surface area contributed by atoms with E-state index in [1.807, 2.05) is 18.2 Å². The topological polar surface area (TPSA) is 141 Å². The number of allylic oxidation sites excluding steroid dienone is 4. The van der Waals surface area contributed by atoms with Crippen LogP contribution in [0.15, 0.2) is 70.2 Å². The SMILES string of the molecule is C[n+]1ccc(C(=O)O)cc1-c1cc(C(=O)O)cc(C2CC(C(=O)O)=CC=N2)n1.P.[Ru+2].[S-]C1=CC=CCC1[S-]. The Hall–Kier alpha value is -2.78. The Balaban J connectivity index is 0.000000621. The standard InChI is InChI=1S/C19H15N3O6.C6H8S2.H3P.Ru/c1-22-5-3-11(18(25)26)9-16(22)15-8-12(19(27)28)7-14(21-15)13-6-10(17(23)24)2-4-20-13;7-5-3-1-2-4-6(5)8;;/h2-5,7-9,13H,6H2,1H3,(H2-,23,24,25,26,27,28);1-3,6-8H,4H2;1H3;/q;;;+2/p-1. The number of aliphatic carboxylic acids is 1. The molecular formula is C25H25N3O6PRuS2+. The molecule has 3 unspecified atom stereocenters. The number of hydrogen-bond donors (Lipinski definition) is 3. The minimum absolute atomic E-state index is 0. The van der Waals surface area contributed by atoms with E-state index in [1.165, 1.54) is 42.8 Å². The van der Waals surface area contributed by atoms with Crippen molar-refractivity contribution in [2.75, 3.05) is 0 Å². The van der Waals surface area contributed by atoms with Crippen LogP contribution in [0.4, 0.5) is 0 Å². The molecule has 3 N–H and O–H groups in total. The Kier molecular flexibility index (Phi) is 13.1. The van der Waals surface area contributed by atoms with E-state index in [1.54, 1.807) is 11.6 Å². The van der Waals surface area contributed by atoms with E-state index in [4.69, 9.17) is 25.3 Å². The number of aliphatic imine (C=N–C) groups is 1. The van der Waals surface area contributed by atoms with Gasteiger partial charge in [-0.3, -0.25) is 4.99 Å². The fourth-order valence-electron chi connectivity index (χ4n) is 3.43. The summed E-state index contributed by atoms with van der Waals surface area (Å²) in [4.78, 5) is 43.7. The Morgan fingerprint density at radius 3 is 2.26 bits per heavy atom. The van der Waals surface area contributed by atoms with Gasteiger partial charge in [0.1, 0.15) is 12.7 Å². The molecule has 1 aliphatic heterocycles. The van der Waals surface area contributed by atoms with Gasteiger partial charge in [-0.25, -0.2) is 24.3 Å². The van der Waals surface area contributed by atoms with Crippen molar-refractivity contribution in [1.29, 1.82) is 0 Å². The number of aromatic carboxylic acids is 2.